The molecule has 1 N–H and O–H groups in total. The minimum Gasteiger partial charge on any atom is -0.461 e. The SMILES string of the molecule is CC(=O)c1cccc(NC(=O)C(C)Sc2nnc(-c3ccco3)n2-c2ccccc2)c1. The molecular weight excluding hydrogens is 412 g/mol. The van der Waals surface area contributed by atoms with Crippen molar-refractivity contribution in [2.24, 2.45) is 0 Å². The second-order valence-corrected chi connectivity index (χ2v) is 8.15. The maximum atomic E-state index is 12.8. The van der Waals surface area contributed by atoms with Crippen LogP contribution in [-0.4, -0.2) is 31.7 Å². The van der Waals surface area contributed by atoms with Crippen molar-refractivity contribution >= 4 is 29.1 Å². The number of carbonyl (C=O) groups is 2. The van der Waals surface area contributed by atoms with Crippen LogP contribution in [-0.2, 0) is 4.79 Å². The number of carbonyl (C=O) groups excluding carboxylic acids is 2. The van der Waals surface area contributed by atoms with Crippen LogP contribution >= 0.6 is 11.8 Å². The average Bonchev–Trinajstić information content (AvgIpc) is 3.44. The average molecular weight is 433 g/mol. The van der Waals surface area contributed by atoms with Crippen LogP contribution in [0.1, 0.15) is 24.2 Å². The lowest BCUT2D eigenvalue weighted by Crippen LogP contribution is -2.23. The van der Waals surface area contributed by atoms with E-state index in [2.05, 4.69) is 15.5 Å². The van der Waals surface area contributed by atoms with Crippen LogP contribution < -0.4 is 5.32 Å². The molecule has 0 saturated heterocycles. The first-order valence-corrected chi connectivity index (χ1v) is 10.5. The number of nitrogens with zero attached hydrogens (tertiary/aromatic N) is 3. The molecule has 7 nitrogen and oxygen atoms in total. The molecule has 2 aromatic heterocycles. The number of amides is 1. The van der Waals surface area contributed by atoms with E-state index in [4.69, 9.17) is 4.42 Å². The predicted molar refractivity (Wildman–Crippen MR) is 119 cm³/mol. The van der Waals surface area contributed by atoms with Gasteiger partial charge in [-0.05, 0) is 50.2 Å². The number of nitrogens with one attached hydrogen (secondary N) is 1. The highest BCUT2D eigenvalue weighted by atomic mass is 32.2. The van der Waals surface area contributed by atoms with Gasteiger partial charge in [0.15, 0.2) is 16.7 Å². The summed E-state index contributed by atoms with van der Waals surface area (Å²) in [5.41, 5.74) is 1.99. The molecule has 31 heavy (non-hydrogen) atoms. The highest BCUT2D eigenvalue weighted by Gasteiger charge is 2.23. The lowest BCUT2D eigenvalue weighted by atomic mass is 10.1. The first kappa shape index (κ1) is 20.6. The van der Waals surface area contributed by atoms with Gasteiger partial charge in [-0.1, -0.05) is 42.1 Å². The molecule has 1 amide bonds. The Hall–Kier alpha value is -3.65. The fourth-order valence-corrected chi connectivity index (χ4v) is 3.86. The largest absolute Gasteiger partial charge is 0.461 e. The highest BCUT2D eigenvalue weighted by molar-refractivity contribution is 8.00. The number of ketones is 1. The summed E-state index contributed by atoms with van der Waals surface area (Å²) in [6.45, 7) is 3.29. The molecule has 0 aliphatic carbocycles. The fraction of sp³-hybridized carbons (Fsp3) is 0.130. The Bertz CT molecular complexity index is 1200. The number of Topliss-reactive ketones (excluding diaryl/α,β-unsaturated/α-hetero) is 1. The van der Waals surface area contributed by atoms with Crippen molar-refractivity contribution in [2.75, 3.05) is 5.32 Å². The van der Waals surface area contributed by atoms with Crippen molar-refractivity contribution in [3.8, 4) is 17.3 Å². The molecule has 2 aromatic carbocycles. The zero-order chi connectivity index (χ0) is 21.8. The number of benzene rings is 2. The van der Waals surface area contributed by atoms with Crippen LogP contribution in [0.4, 0.5) is 5.69 Å². The summed E-state index contributed by atoms with van der Waals surface area (Å²) in [7, 11) is 0. The molecule has 0 saturated carbocycles. The van der Waals surface area contributed by atoms with Gasteiger partial charge in [0, 0.05) is 16.9 Å². The van der Waals surface area contributed by atoms with E-state index in [1.165, 1.54) is 18.7 Å². The van der Waals surface area contributed by atoms with Crippen molar-refractivity contribution in [3.05, 3.63) is 78.6 Å². The summed E-state index contributed by atoms with van der Waals surface area (Å²) in [5.74, 6) is 0.884. The molecule has 8 heteroatoms. The van der Waals surface area contributed by atoms with E-state index in [0.717, 1.165) is 5.69 Å². The normalized spacial score (nSPS) is 11.8. The predicted octanol–water partition coefficient (Wildman–Crippen LogP) is 4.85. The maximum Gasteiger partial charge on any atom is 0.237 e. The van der Waals surface area contributed by atoms with Gasteiger partial charge in [0.05, 0.1) is 11.5 Å². The number of hydrogen-bond donors (Lipinski definition) is 1. The van der Waals surface area contributed by atoms with Crippen molar-refractivity contribution in [3.63, 3.8) is 0 Å². The minimum atomic E-state index is -0.461. The van der Waals surface area contributed by atoms with E-state index in [0.29, 0.717) is 28.0 Å². The van der Waals surface area contributed by atoms with Gasteiger partial charge in [0.2, 0.25) is 11.7 Å². The number of rotatable bonds is 7. The van der Waals surface area contributed by atoms with E-state index in [-0.39, 0.29) is 11.7 Å². The fourth-order valence-electron chi connectivity index (χ4n) is 2.99. The molecular formula is C23H20N4O3S. The standard InChI is InChI=1S/C23H20N4O3S/c1-15(28)17-8-6-9-18(14-17)24-22(29)16(2)31-23-26-25-21(20-12-7-13-30-20)27(23)19-10-4-3-5-11-19/h3-14,16H,1-2H3,(H,24,29). The number of anilines is 1. The molecule has 4 rings (SSSR count). The van der Waals surface area contributed by atoms with Gasteiger partial charge >= 0.3 is 0 Å². The molecule has 4 aromatic rings. The lowest BCUT2D eigenvalue weighted by Gasteiger charge is -2.14. The van der Waals surface area contributed by atoms with Gasteiger partial charge in [-0.25, -0.2) is 0 Å². The minimum absolute atomic E-state index is 0.0556. The third kappa shape index (κ3) is 4.59. The zero-order valence-corrected chi connectivity index (χ0v) is 17.8. The second kappa shape index (κ2) is 9.01. The van der Waals surface area contributed by atoms with Gasteiger partial charge in [-0.3, -0.25) is 14.2 Å². The molecule has 0 fully saturated rings. The van der Waals surface area contributed by atoms with Gasteiger partial charge in [-0.2, -0.15) is 0 Å². The molecule has 0 spiro atoms. The van der Waals surface area contributed by atoms with Gasteiger partial charge < -0.3 is 9.73 Å². The van der Waals surface area contributed by atoms with Crippen molar-refractivity contribution in [1.82, 2.24) is 14.8 Å². The lowest BCUT2D eigenvalue weighted by molar-refractivity contribution is -0.115. The van der Waals surface area contributed by atoms with Crippen LogP contribution in [0.2, 0.25) is 0 Å². The topological polar surface area (TPSA) is 90.0 Å². The summed E-state index contributed by atoms with van der Waals surface area (Å²) >= 11 is 1.29. The van der Waals surface area contributed by atoms with Crippen LogP contribution in [0.15, 0.2) is 82.6 Å². The van der Waals surface area contributed by atoms with Gasteiger partial charge in [0.1, 0.15) is 0 Å². The van der Waals surface area contributed by atoms with E-state index in [9.17, 15) is 9.59 Å². The first-order valence-electron chi connectivity index (χ1n) is 9.66. The highest BCUT2D eigenvalue weighted by Crippen LogP contribution is 2.30. The second-order valence-electron chi connectivity index (χ2n) is 6.84. The Labute approximate surface area is 183 Å². The quantitative estimate of drug-likeness (QED) is 0.332. The Balaban J connectivity index is 1.58. The third-order valence-electron chi connectivity index (χ3n) is 4.58. The summed E-state index contributed by atoms with van der Waals surface area (Å²) in [5, 5.41) is 11.6. The van der Waals surface area contributed by atoms with Crippen molar-refractivity contribution in [1.29, 1.82) is 0 Å². The zero-order valence-electron chi connectivity index (χ0n) is 17.0. The molecule has 0 bridgehead atoms. The number of hydrogen-bond acceptors (Lipinski definition) is 6. The molecule has 0 aliphatic heterocycles. The van der Waals surface area contributed by atoms with Gasteiger partial charge in [0.25, 0.3) is 0 Å². The number of para-hydroxylation sites is 1. The summed E-state index contributed by atoms with van der Waals surface area (Å²) in [6.07, 6.45) is 1.58. The van der Waals surface area contributed by atoms with E-state index in [1.807, 2.05) is 41.0 Å². The smallest absolute Gasteiger partial charge is 0.237 e. The molecule has 1 unspecified atom stereocenters. The summed E-state index contributed by atoms with van der Waals surface area (Å²) < 4.78 is 7.38. The molecule has 1 atom stereocenters. The first-order chi connectivity index (χ1) is 15.0. The van der Waals surface area contributed by atoms with Gasteiger partial charge in [-0.15, -0.1) is 10.2 Å². The van der Waals surface area contributed by atoms with Crippen LogP contribution in [0.3, 0.4) is 0 Å². The Morgan fingerprint density at radius 3 is 2.55 bits per heavy atom. The Morgan fingerprint density at radius 1 is 1.03 bits per heavy atom. The summed E-state index contributed by atoms with van der Waals surface area (Å²) in [6, 6.07) is 20.1. The Morgan fingerprint density at radius 2 is 1.84 bits per heavy atom. The Kier molecular flexibility index (Phi) is 5.99. The third-order valence-corrected chi connectivity index (χ3v) is 5.62. The van der Waals surface area contributed by atoms with E-state index >= 15 is 0 Å². The monoisotopic (exact) mass is 432 g/mol. The molecule has 0 aliphatic rings. The number of furan rings is 1. The van der Waals surface area contributed by atoms with Crippen molar-refractivity contribution in [2.45, 2.75) is 24.3 Å². The van der Waals surface area contributed by atoms with Crippen LogP contribution in [0.25, 0.3) is 17.3 Å². The molecule has 0 radical (unpaired) electrons. The molecule has 2 heterocycles. The van der Waals surface area contributed by atoms with Crippen LogP contribution in [0, 0.1) is 0 Å². The van der Waals surface area contributed by atoms with E-state index in [1.54, 1.807) is 43.5 Å². The number of thioether (sulfide) groups is 1. The number of aromatic nitrogens is 3. The molecule has 156 valence electrons. The maximum absolute atomic E-state index is 12.8. The van der Waals surface area contributed by atoms with Crippen LogP contribution in [0.5, 0.6) is 0 Å². The summed E-state index contributed by atoms with van der Waals surface area (Å²) in [4.78, 5) is 24.4. The van der Waals surface area contributed by atoms with Crippen molar-refractivity contribution < 1.29 is 14.0 Å². The van der Waals surface area contributed by atoms with E-state index < -0.39 is 5.25 Å².